The maximum atomic E-state index is 11.9. The molecule has 0 fully saturated rings. The van der Waals surface area contributed by atoms with Crippen LogP contribution in [-0.2, 0) is 4.79 Å². The second-order valence-corrected chi connectivity index (χ2v) is 6.27. The molecule has 128 valence electrons. The number of hydrazone groups is 1. The fourth-order valence-corrected chi connectivity index (χ4v) is 2.31. The van der Waals surface area contributed by atoms with E-state index in [2.05, 4.69) is 31.8 Å². The smallest absolute Gasteiger partial charge is 0.259 e. The van der Waals surface area contributed by atoms with Crippen molar-refractivity contribution in [3.8, 4) is 0 Å². The van der Waals surface area contributed by atoms with Crippen molar-refractivity contribution >= 4 is 51.6 Å². The van der Waals surface area contributed by atoms with Crippen LogP contribution >= 0.6 is 27.5 Å². The highest BCUT2D eigenvalue weighted by molar-refractivity contribution is 9.12. The molecule has 0 bridgehead atoms. The molecule has 0 radical (unpaired) electrons. The Morgan fingerprint density at radius 2 is 1.76 bits per heavy atom. The lowest BCUT2D eigenvalue weighted by Crippen LogP contribution is -2.34. The van der Waals surface area contributed by atoms with Crippen LogP contribution in [0.3, 0.4) is 0 Å². The van der Waals surface area contributed by atoms with Crippen LogP contribution in [0.1, 0.15) is 15.9 Å². The van der Waals surface area contributed by atoms with Gasteiger partial charge in [-0.15, -0.1) is 0 Å². The summed E-state index contributed by atoms with van der Waals surface area (Å²) >= 11 is 9.10. The Labute approximate surface area is 158 Å². The van der Waals surface area contributed by atoms with E-state index in [0.29, 0.717) is 15.1 Å². The fraction of sp³-hybridized carbons (Fsp3) is 0.0556. The molecule has 0 atom stereocenters. The SMILES string of the molecule is O=C(CNC(=O)c1ccc(Cl)cc1)N/N=C/C(Br)=C/c1ccccc1. The average molecular weight is 421 g/mol. The number of carbonyl (C=O) groups excluding carboxylic acids is 2. The first-order valence-electron chi connectivity index (χ1n) is 7.32. The van der Waals surface area contributed by atoms with Gasteiger partial charge in [0.15, 0.2) is 0 Å². The van der Waals surface area contributed by atoms with Gasteiger partial charge in [0, 0.05) is 15.1 Å². The number of nitrogens with one attached hydrogen (secondary N) is 2. The van der Waals surface area contributed by atoms with Crippen molar-refractivity contribution in [3.63, 3.8) is 0 Å². The average Bonchev–Trinajstić information content (AvgIpc) is 2.61. The topological polar surface area (TPSA) is 70.6 Å². The second-order valence-electron chi connectivity index (χ2n) is 4.92. The summed E-state index contributed by atoms with van der Waals surface area (Å²) < 4.78 is 0.698. The summed E-state index contributed by atoms with van der Waals surface area (Å²) in [4.78, 5) is 23.5. The molecular formula is C18H15BrClN3O2. The van der Waals surface area contributed by atoms with E-state index in [1.54, 1.807) is 24.3 Å². The molecule has 0 aliphatic heterocycles. The molecule has 2 aromatic carbocycles. The van der Waals surface area contributed by atoms with E-state index in [4.69, 9.17) is 11.6 Å². The molecule has 2 aromatic rings. The quantitative estimate of drug-likeness (QED) is 0.553. The molecule has 2 amide bonds. The zero-order valence-corrected chi connectivity index (χ0v) is 15.4. The van der Waals surface area contributed by atoms with Gasteiger partial charge in [0.05, 0.1) is 12.8 Å². The molecule has 0 aromatic heterocycles. The number of amides is 2. The highest BCUT2D eigenvalue weighted by Crippen LogP contribution is 2.10. The molecule has 0 saturated heterocycles. The number of allylic oxidation sites excluding steroid dienone is 1. The molecular weight excluding hydrogens is 406 g/mol. The first kappa shape index (κ1) is 18.9. The maximum absolute atomic E-state index is 11.9. The second kappa shape index (κ2) is 9.76. The molecule has 2 N–H and O–H groups in total. The van der Waals surface area contributed by atoms with E-state index in [9.17, 15) is 9.59 Å². The zero-order valence-electron chi connectivity index (χ0n) is 13.1. The number of hydrogen-bond donors (Lipinski definition) is 2. The van der Waals surface area contributed by atoms with Crippen molar-refractivity contribution < 1.29 is 9.59 Å². The molecule has 7 heteroatoms. The van der Waals surface area contributed by atoms with Gasteiger partial charge in [-0.25, -0.2) is 5.43 Å². The van der Waals surface area contributed by atoms with Crippen molar-refractivity contribution in [3.05, 3.63) is 75.2 Å². The molecule has 0 aliphatic rings. The number of halogens is 2. The van der Waals surface area contributed by atoms with Crippen molar-refractivity contribution in [2.24, 2.45) is 5.10 Å². The number of rotatable bonds is 6. The van der Waals surface area contributed by atoms with Gasteiger partial charge in [-0.1, -0.05) is 41.9 Å². The summed E-state index contributed by atoms with van der Waals surface area (Å²) in [5.41, 5.74) is 3.77. The van der Waals surface area contributed by atoms with Gasteiger partial charge in [0.2, 0.25) is 0 Å². The number of hydrogen-bond acceptors (Lipinski definition) is 3. The largest absolute Gasteiger partial charge is 0.343 e. The van der Waals surface area contributed by atoms with Crippen LogP contribution in [-0.4, -0.2) is 24.6 Å². The summed E-state index contributed by atoms with van der Waals surface area (Å²) in [6.45, 7) is -0.182. The third kappa shape index (κ3) is 6.91. The first-order chi connectivity index (χ1) is 12.0. The first-order valence-corrected chi connectivity index (χ1v) is 8.49. The van der Waals surface area contributed by atoms with Gasteiger partial charge < -0.3 is 5.32 Å². The molecule has 2 rings (SSSR count). The Balaban J connectivity index is 1.77. The third-order valence-corrected chi connectivity index (χ3v) is 3.68. The van der Waals surface area contributed by atoms with Crippen LogP contribution in [0.15, 0.2) is 64.2 Å². The van der Waals surface area contributed by atoms with E-state index in [1.807, 2.05) is 36.4 Å². The summed E-state index contributed by atoms with van der Waals surface area (Å²) in [7, 11) is 0. The van der Waals surface area contributed by atoms with Crippen LogP contribution in [0, 0.1) is 0 Å². The van der Waals surface area contributed by atoms with Crippen LogP contribution < -0.4 is 10.7 Å². The molecule has 5 nitrogen and oxygen atoms in total. The van der Waals surface area contributed by atoms with Gasteiger partial charge in [-0.2, -0.15) is 5.10 Å². The van der Waals surface area contributed by atoms with Crippen LogP contribution in [0.4, 0.5) is 0 Å². The normalized spacial score (nSPS) is 11.4. The minimum atomic E-state index is -0.432. The van der Waals surface area contributed by atoms with E-state index in [1.165, 1.54) is 6.21 Å². The van der Waals surface area contributed by atoms with Gasteiger partial charge in [0.25, 0.3) is 11.8 Å². The Bertz CT molecular complexity index is 790. The Morgan fingerprint density at radius 3 is 2.44 bits per heavy atom. The summed E-state index contributed by atoms with van der Waals surface area (Å²) in [6, 6.07) is 16.0. The molecule has 0 spiro atoms. The number of carbonyl (C=O) groups is 2. The third-order valence-electron chi connectivity index (χ3n) is 3.00. The molecule has 25 heavy (non-hydrogen) atoms. The lowest BCUT2D eigenvalue weighted by Gasteiger charge is -2.04. The highest BCUT2D eigenvalue weighted by Gasteiger charge is 2.07. The van der Waals surface area contributed by atoms with E-state index >= 15 is 0 Å². The summed E-state index contributed by atoms with van der Waals surface area (Å²) in [6.07, 6.45) is 3.32. The Morgan fingerprint density at radius 1 is 1.08 bits per heavy atom. The fourth-order valence-electron chi connectivity index (χ4n) is 1.82. The predicted octanol–water partition coefficient (Wildman–Crippen LogP) is 3.61. The van der Waals surface area contributed by atoms with Gasteiger partial charge >= 0.3 is 0 Å². The van der Waals surface area contributed by atoms with Crippen molar-refractivity contribution in [1.29, 1.82) is 0 Å². The number of nitrogens with zero attached hydrogens (tertiary/aromatic N) is 1. The minimum absolute atomic E-state index is 0.182. The van der Waals surface area contributed by atoms with Gasteiger partial charge in [-0.3, -0.25) is 9.59 Å². The van der Waals surface area contributed by atoms with Crippen molar-refractivity contribution in [1.82, 2.24) is 10.7 Å². The molecule has 0 unspecified atom stereocenters. The Hall–Kier alpha value is -2.44. The van der Waals surface area contributed by atoms with E-state index in [0.717, 1.165) is 5.56 Å². The standard InChI is InChI=1S/C18H15BrClN3O2/c19-15(10-13-4-2-1-3-5-13)11-22-23-17(24)12-21-18(25)14-6-8-16(20)9-7-14/h1-11H,12H2,(H,21,25)(H,23,24)/b15-10-,22-11+. The summed E-state index contributed by atoms with van der Waals surface area (Å²) in [5.74, 6) is -0.792. The number of benzene rings is 2. The van der Waals surface area contributed by atoms with Crippen molar-refractivity contribution in [2.75, 3.05) is 6.54 Å². The maximum Gasteiger partial charge on any atom is 0.259 e. The predicted molar refractivity (Wildman–Crippen MR) is 104 cm³/mol. The minimum Gasteiger partial charge on any atom is -0.343 e. The van der Waals surface area contributed by atoms with Crippen LogP contribution in [0.2, 0.25) is 5.02 Å². The van der Waals surface area contributed by atoms with Crippen LogP contribution in [0.5, 0.6) is 0 Å². The molecule has 0 aliphatic carbocycles. The van der Waals surface area contributed by atoms with E-state index in [-0.39, 0.29) is 12.5 Å². The molecule has 0 saturated carbocycles. The molecule has 0 heterocycles. The Kier molecular flexibility index (Phi) is 7.37. The lowest BCUT2D eigenvalue weighted by molar-refractivity contribution is -0.120. The monoisotopic (exact) mass is 419 g/mol. The highest BCUT2D eigenvalue weighted by atomic mass is 79.9. The van der Waals surface area contributed by atoms with Crippen LogP contribution in [0.25, 0.3) is 6.08 Å². The zero-order chi connectivity index (χ0) is 18.1. The van der Waals surface area contributed by atoms with Gasteiger partial charge in [-0.05, 0) is 51.8 Å². The lowest BCUT2D eigenvalue weighted by atomic mass is 10.2. The van der Waals surface area contributed by atoms with E-state index < -0.39 is 5.91 Å². The van der Waals surface area contributed by atoms with Gasteiger partial charge in [0.1, 0.15) is 0 Å². The van der Waals surface area contributed by atoms with Crippen molar-refractivity contribution in [2.45, 2.75) is 0 Å². The summed E-state index contributed by atoms with van der Waals surface area (Å²) in [5, 5.41) is 6.86.